The Bertz CT molecular complexity index is 103. The molecule has 0 amide bonds. The molecule has 46 valence electrons. The van der Waals surface area contributed by atoms with Crippen molar-refractivity contribution in [2.24, 2.45) is 17.6 Å². The van der Waals surface area contributed by atoms with Gasteiger partial charge in [-0.15, -0.1) is 0 Å². The van der Waals surface area contributed by atoms with Crippen LogP contribution in [0.3, 0.4) is 0 Å². The lowest BCUT2D eigenvalue weighted by molar-refractivity contribution is 0.194. The van der Waals surface area contributed by atoms with Gasteiger partial charge in [0, 0.05) is 6.04 Å². The maximum absolute atomic E-state index is 5.72. The molecule has 1 saturated heterocycles. The summed E-state index contributed by atoms with van der Waals surface area (Å²) in [5, 5.41) is 3.33. The van der Waals surface area contributed by atoms with Gasteiger partial charge in [0.1, 0.15) is 0 Å². The molecule has 3 atom stereocenters. The fourth-order valence-electron chi connectivity index (χ4n) is 1.84. The maximum Gasteiger partial charge on any atom is 0.00856 e. The van der Waals surface area contributed by atoms with Gasteiger partial charge < -0.3 is 11.1 Å². The molecule has 1 heterocycles. The van der Waals surface area contributed by atoms with Crippen molar-refractivity contribution in [1.82, 2.24) is 5.32 Å². The van der Waals surface area contributed by atoms with E-state index < -0.39 is 0 Å². The molecule has 2 rings (SSSR count). The first-order chi connectivity index (χ1) is 3.88. The highest BCUT2D eigenvalue weighted by Crippen LogP contribution is 2.35. The van der Waals surface area contributed by atoms with Gasteiger partial charge in [0.05, 0.1) is 0 Å². The SMILES string of the molecule is N[C@@H]1C[C@H]2CNC[C@H]21. The van der Waals surface area contributed by atoms with Crippen molar-refractivity contribution in [3.8, 4) is 0 Å². The fourth-order valence-corrected chi connectivity index (χ4v) is 1.84. The summed E-state index contributed by atoms with van der Waals surface area (Å²) in [6.07, 6.45) is 1.26. The van der Waals surface area contributed by atoms with Gasteiger partial charge in [-0.1, -0.05) is 0 Å². The summed E-state index contributed by atoms with van der Waals surface area (Å²) < 4.78 is 0. The zero-order chi connectivity index (χ0) is 5.56. The van der Waals surface area contributed by atoms with Crippen molar-refractivity contribution in [3.05, 3.63) is 0 Å². The van der Waals surface area contributed by atoms with E-state index in [1.165, 1.54) is 19.5 Å². The highest BCUT2D eigenvalue weighted by Gasteiger charge is 2.41. The van der Waals surface area contributed by atoms with Gasteiger partial charge in [-0.2, -0.15) is 0 Å². The quantitative estimate of drug-likeness (QED) is 0.445. The van der Waals surface area contributed by atoms with Crippen LogP contribution in [0.4, 0.5) is 0 Å². The smallest absolute Gasteiger partial charge is 0.00856 e. The summed E-state index contributed by atoms with van der Waals surface area (Å²) in [5.41, 5.74) is 5.72. The van der Waals surface area contributed by atoms with Crippen molar-refractivity contribution in [3.63, 3.8) is 0 Å². The second-order valence-electron chi connectivity index (χ2n) is 2.98. The Morgan fingerprint density at radius 1 is 1.38 bits per heavy atom. The van der Waals surface area contributed by atoms with Crippen LogP contribution in [0.2, 0.25) is 0 Å². The van der Waals surface area contributed by atoms with Gasteiger partial charge in [-0.3, -0.25) is 0 Å². The van der Waals surface area contributed by atoms with Crippen molar-refractivity contribution < 1.29 is 0 Å². The number of hydrogen-bond donors (Lipinski definition) is 2. The number of fused-ring (bicyclic) bond motifs is 1. The van der Waals surface area contributed by atoms with Gasteiger partial charge in [-0.25, -0.2) is 0 Å². The highest BCUT2D eigenvalue weighted by molar-refractivity contribution is 4.98. The second-order valence-corrected chi connectivity index (χ2v) is 2.98. The van der Waals surface area contributed by atoms with Crippen LogP contribution in [0.15, 0.2) is 0 Å². The molecule has 0 aromatic heterocycles. The Hall–Kier alpha value is -0.0800. The van der Waals surface area contributed by atoms with E-state index in [1.807, 2.05) is 0 Å². The standard InChI is InChI=1S/C6H12N2/c7-6-1-4-2-8-3-5(4)6/h4-6,8H,1-3,7H2/t4-,5+,6+/m0/s1. The second kappa shape index (κ2) is 1.45. The summed E-state index contributed by atoms with van der Waals surface area (Å²) in [7, 11) is 0. The molecule has 2 fully saturated rings. The van der Waals surface area contributed by atoms with Crippen LogP contribution in [0, 0.1) is 11.8 Å². The predicted octanol–water partition coefficient (Wildman–Crippen LogP) is -0.447. The van der Waals surface area contributed by atoms with Crippen molar-refractivity contribution in [2.45, 2.75) is 12.5 Å². The topological polar surface area (TPSA) is 38.0 Å². The lowest BCUT2D eigenvalue weighted by Crippen LogP contribution is -2.46. The van der Waals surface area contributed by atoms with E-state index in [1.54, 1.807) is 0 Å². The lowest BCUT2D eigenvalue weighted by atomic mass is 9.72. The van der Waals surface area contributed by atoms with Crippen LogP contribution >= 0.6 is 0 Å². The lowest BCUT2D eigenvalue weighted by Gasteiger charge is -2.36. The molecule has 8 heavy (non-hydrogen) atoms. The minimum absolute atomic E-state index is 0.523. The molecule has 1 aliphatic heterocycles. The first-order valence-corrected chi connectivity index (χ1v) is 3.34. The Morgan fingerprint density at radius 3 is 2.75 bits per heavy atom. The largest absolute Gasteiger partial charge is 0.327 e. The van der Waals surface area contributed by atoms with Crippen molar-refractivity contribution >= 4 is 0 Å². The van der Waals surface area contributed by atoms with E-state index in [2.05, 4.69) is 5.32 Å². The van der Waals surface area contributed by atoms with E-state index >= 15 is 0 Å². The Labute approximate surface area is 49.4 Å². The molecule has 2 heteroatoms. The summed E-state index contributed by atoms with van der Waals surface area (Å²) in [5.74, 6) is 1.76. The molecule has 3 N–H and O–H groups in total. The van der Waals surface area contributed by atoms with Gasteiger partial charge in [-0.05, 0) is 31.3 Å². The molecular formula is C6H12N2. The molecule has 2 aliphatic rings. The molecule has 0 aromatic carbocycles. The van der Waals surface area contributed by atoms with Gasteiger partial charge in [0.15, 0.2) is 0 Å². The summed E-state index contributed by atoms with van der Waals surface area (Å²) >= 11 is 0. The third kappa shape index (κ3) is 0.446. The molecule has 0 aromatic rings. The summed E-state index contributed by atoms with van der Waals surface area (Å²) in [4.78, 5) is 0. The zero-order valence-corrected chi connectivity index (χ0v) is 4.93. The van der Waals surface area contributed by atoms with Crippen molar-refractivity contribution in [2.75, 3.05) is 13.1 Å². The fraction of sp³-hybridized carbons (Fsp3) is 1.00. The molecular weight excluding hydrogens is 100 g/mol. The van der Waals surface area contributed by atoms with Crippen LogP contribution in [0.25, 0.3) is 0 Å². The third-order valence-electron chi connectivity index (χ3n) is 2.52. The van der Waals surface area contributed by atoms with Gasteiger partial charge >= 0.3 is 0 Å². The minimum Gasteiger partial charge on any atom is -0.327 e. The predicted molar refractivity (Wildman–Crippen MR) is 32.4 cm³/mol. The van der Waals surface area contributed by atoms with Crippen LogP contribution in [-0.2, 0) is 0 Å². The normalized spacial score (nSPS) is 52.9. The first-order valence-electron chi connectivity index (χ1n) is 3.34. The highest BCUT2D eigenvalue weighted by atomic mass is 15.0. The number of nitrogens with one attached hydrogen (secondary N) is 1. The van der Waals surface area contributed by atoms with Gasteiger partial charge in [0.25, 0.3) is 0 Å². The van der Waals surface area contributed by atoms with Crippen LogP contribution in [-0.4, -0.2) is 19.1 Å². The Balaban J connectivity index is 2.02. The average molecular weight is 112 g/mol. The number of hydrogen-bond acceptors (Lipinski definition) is 2. The molecule has 1 saturated carbocycles. The molecule has 2 nitrogen and oxygen atoms in total. The minimum atomic E-state index is 0.523. The summed E-state index contributed by atoms with van der Waals surface area (Å²) in [6, 6.07) is 0.523. The molecule has 0 radical (unpaired) electrons. The third-order valence-corrected chi connectivity index (χ3v) is 2.52. The number of rotatable bonds is 0. The van der Waals surface area contributed by atoms with Crippen LogP contribution in [0.1, 0.15) is 6.42 Å². The van der Waals surface area contributed by atoms with Crippen LogP contribution < -0.4 is 11.1 Å². The Morgan fingerprint density at radius 2 is 2.25 bits per heavy atom. The molecule has 0 spiro atoms. The zero-order valence-electron chi connectivity index (χ0n) is 4.93. The van der Waals surface area contributed by atoms with E-state index in [9.17, 15) is 0 Å². The van der Waals surface area contributed by atoms with E-state index in [0.29, 0.717) is 6.04 Å². The van der Waals surface area contributed by atoms with Crippen molar-refractivity contribution in [1.29, 1.82) is 0 Å². The molecule has 0 bridgehead atoms. The van der Waals surface area contributed by atoms with Gasteiger partial charge in [0.2, 0.25) is 0 Å². The average Bonchev–Trinajstić information content (AvgIpc) is 2.09. The molecule has 0 unspecified atom stereocenters. The first kappa shape index (κ1) is 4.77. The van der Waals surface area contributed by atoms with E-state index in [0.717, 1.165) is 11.8 Å². The monoisotopic (exact) mass is 112 g/mol. The van der Waals surface area contributed by atoms with E-state index in [-0.39, 0.29) is 0 Å². The molecule has 1 aliphatic carbocycles. The number of nitrogens with two attached hydrogens (primary N) is 1. The Kier molecular flexibility index (Phi) is 0.866. The summed E-state index contributed by atoms with van der Waals surface area (Å²) in [6.45, 7) is 2.39. The maximum atomic E-state index is 5.72. The van der Waals surface area contributed by atoms with Crippen LogP contribution in [0.5, 0.6) is 0 Å². The van der Waals surface area contributed by atoms with E-state index in [4.69, 9.17) is 5.73 Å².